The lowest BCUT2D eigenvalue weighted by atomic mass is 9.98. The van der Waals surface area contributed by atoms with Gasteiger partial charge in [0.2, 0.25) is 0 Å². The number of benzene rings is 3. The maximum absolute atomic E-state index is 12.2. The molecule has 0 spiro atoms. The lowest BCUT2D eigenvalue weighted by molar-refractivity contribution is -0.383. The Labute approximate surface area is 191 Å². The monoisotopic (exact) mass is 441 g/mol. The first-order chi connectivity index (χ1) is 16.0. The van der Waals surface area contributed by atoms with Crippen LogP contribution in [0.15, 0.2) is 60.7 Å². The van der Waals surface area contributed by atoms with Crippen LogP contribution in [-0.4, -0.2) is 24.2 Å². The molecule has 1 aliphatic carbocycles. The van der Waals surface area contributed by atoms with Gasteiger partial charge in [-0.3, -0.25) is 10.1 Å². The molecule has 0 heterocycles. The van der Waals surface area contributed by atoms with Crippen molar-refractivity contribution in [3.8, 4) is 23.0 Å². The van der Waals surface area contributed by atoms with Gasteiger partial charge in [-0.25, -0.2) is 4.79 Å². The van der Waals surface area contributed by atoms with E-state index in [1.165, 1.54) is 17.2 Å². The summed E-state index contributed by atoms with van der Waals surface area (Å²) in [6.07, 6.45) is -0.126. The quantitative estimate of drug-likeness (QED) is 0.195. The van der Waals surface area contributed by atoms with E-state index in [4.69, 9.17) is 10.5 Å². The van der Waals surface area contributed by atoms with Crippen molar-refractivity contribution in [1.82, 2.24) is 5.32 Å². The molecule has 0 radical (unpaired) electrons. The van der Waals surface area contributed by atoms with Gasteiger partial charge in [-0.2, -0.15) is 0 Å². The van der Waals surface area contributed by atoms with Gasteiger partial charge in [0.05, 0.1) is 4.92 Å². The van der Waals surface area contributed by atoms with E-state index in [-0.39, 0.29) is 23.9 Å². The van der Waals surface area contributed by atoms with Crippen LogP contribution in [-0.2, 0) is 4.74 Å². The zero-order valence-corrected chi connectivity index (χ0v) is 18.1. The molecule has 3 aromatic rings. The first-order valence-corrected chi connectivity index (χ1v) is 10.6. The second kappa shape index (κ2) is 9.45. The highest BCUT2D eigenvalue weighted by Gasteiger charge is 2.28. The number of nitro groups is 1. The van der Waals surface area contributed by atoms with Gasteiger partial charge in [0.15, 0.2) is 0 Å². The van der Waals surface area contributed by atoms with Crippen molar-refractivity contribution in [1.29, 1.82) is 0 Å². The topological polar surface area (TPSA) is 107 Å². The molecular weight excluding hydrogens is 418 g/mol. The molecule has 3 N–H and O–H groups in total. The molecule has 0 unspecified atom stereocenters. The smallest absolute Gasteiger partial charge is 0.407 e. The molecule has 0 aromatic heterocycles. The summed E-state index contributed by atoms with van der Waals surface area (Å²) in [5, 5.41) is 13.8. The molecular formula is C26H23N3O4. The summed E-state index contributed by atoms with van der Waals surface area (Å²) >= 11 is 0. The van der Waals surface area contributed by atoms with Gasteiger partial charge in [-0.15, -0.1) is 0 Å². The van der Waals surface area contributed by atoms with Crippen LogP contribution >= 0.6 is 0 Å². The number of nitro benzene ring substituents is 1. The third-order valence-electron chi connectivity index (χ3n) is 5.66. The summed E-state index contributed by atoms with van der Waals surface area (Å²) in [6.45, 7) is 2.26. The fourth-order valence-electron chi connectivity index (χ4n) is 4.04. The van der Waals surface area contributed by atoms with Crippen molar-refractivity contribution in [3.63, 3.8) is 0 Å². The van der Waals surface area contributed by atoms with Crippen LogP contribution in [0.4, 0.5) is 16.2 Å². The normalized spacial score (nSPS) is 11.7. The van der Waals surface area contributed by atoms with E-state index < -0.39 is 11.0 Å². The summed E-state index contributed by atoms with van der Waals surface area (Å²) in [5.74, 6) is 5.79. The largest absolute Gasteiger partial charge is 0.449 e. The highest BCUT2D eigenvalue weighted by Crippen LogP contribution is 2.44. The Morgan fingerprint density at radius 1 is 1.12 bits per heavy atom. The molecule has 3 aromatic carbocycles. The minimum absolute atomic E-state index is 0.00693. The Bertz CT molecular complexity index is 1240. The van der Waals surface area contributed by atoms with Crippen LogP contribution in [0.3, 0.4) is 0 Å². The number of alkyl carbamates (subject to hydrolysis) is 1. The molecule has 0 saturated heterocycles. The summed E-state index contributed by atoms with van der Waals surface area (Å²) in [6, 6.07) is 19.4. The predicted octanol–water partition coefficient (Wildman–Crippen LogP) is 4.77. The summed E-state index contributed by atoms with van der Waals surface area (Å²) in [7, 11) is 0. The molecule has 1 aliphatic rings. The van der Waals surface area contributed by atoms with Crippen molar-refractivity contribution >= 4 is 17.5 Å². The van der Waals surface area contributed by atoms with Crippen LogP contribution in [0.5, 0.6) is 0 Å². The first-order valence-electron chi connectivity index (χ1n) is 10.6. The number of ether oxygens (including phenoxy) is 1. The lowest BCUT2D eigenvalue weighted by Crippen LogP contribution is -2.26. The Balaban J connectivity index is 1.30. The van der Waals surface area contributed by atoms with Crippen LogP contribution in [0.25, 0.3) is 11.1 Å². The van der Waals surface area contributed by atoms with E-state index in [0.717, 1.165) is 11.1 Å². The maximum atomic E-state index is 12.2. The first kappa shape index (κ1) is 21.9. The number of nitrogens with zero attached hydrogens (tertiary/aromatic N) is 1. The number of nitrogens with two attached hydrogens (primary N) is 1. The van der Waals surface area contributed by atoms with E-state index in [2.05, 4.69) is 41.4 Å². The highest BCUT2D eigenvalue weighted by atomic mass is 16.6. The van der Waals surface area contributed by atoms with Gasteiger partial charge in [0, 0.05) is 30.5 Å². The zero-order chi connectivity index (χ0) is 23.4. The van der Waals surface area contributed by atoms with E-state index in [1.807, 2.05) is 24.3 Å². The maximum Gasteiger partial charge on any atom is 0.407 e. The molecule has 33 heavy (non-hydrogen) atoms. The number of aryl methyl sites for hydroxylation is 1. The standard InChI is InChI=1S/C26H23N3O4/c1-17-14-18(15-24(25(17)27)29(31)32)8-6-7-13-28-26(30)33-16-23-21-11-4-2-9-19(21)20-10-3-5-12-22(20)23/h2-5,9-12,14-15,23H,7,13,16,27H2,1H3,(H,28,30). The molecule has 0 aliphatic heterocycles. The van der Waals surface area contributed by atoms with Crippen molar-refractivity contribution < 1.29 is 14.5 Å². The number of hydrogen-bond acceptors (Lipinski definition) is 5. The van der Waals surface area contributed by atoms with Crippen LogP contribution < -0.4 is 11.1 Å². The Morgan fingerprint density at radius 3 is 2.39 bits per heavy atom. The Hall–Kier alpha value is -4.31. The average molecular weight is 441 g/mol. The number of carbonyl (C=O) groups is 1. The number of anilines is 1. The molecule has 0 atom stereocenters. The second-order valence-corrected chi connectivity index (χ2v) is 7.79. The summed E-state index contributed by atoms with van der Waals surface area (Å²) in [5.41, 5.74) is 11.5. The predicted molar refractivity (Wildman–Crippen MR) is 127 cm³/mol. The number of nitrogen functional groups attached to an aromatic ring is 1. The number of hydrogen-bond donors (Lipinski definition) is 2. The van der Waals surface area contributed by atoms with Gasteiger partial charge in [-0.1, -0.05) is 60.4 Å². The van der Waals surface area contributed by atoms with E-state index in [1.54, 1.807) is 13.0 Å². The number of fused-ring (bicyclic) bond motifs is 3. The van der Waals surface area contributed by atoms with Gasteiger partial charge in [0.25, 0.3) is 5.69 Å². The molecule has 0 fully saturated rings. The molecule has 7 heteroatoms. The Kier molecular flexibility index (Phi) is 6.27. The molecule has 166 valence electrons. The molecule has 7 nitrogen and oxygen atoms in total. The van der Waals surface area contributed by atoms with Crippen molar-refractivity contribution in [3.05, 3.63) is 93.0 Å². The van der Waals surface area contributed by atoms with E-state index in [0.29, 0.717) is 24.1 Å². The van der Waals surface area contributed by atoms with Crippen molar-refractivity contribution in [2.75, 3.05) is 18.9 Å². The average Bonchev–Trinajstić information content (AvgIpc) is 3.13. The molecule has 0 bridgehead atoms. The van der Waals surface area contributed by atoms with Gasteiger partial charge >= 0.3 is 6.09 Å². The van der Waals surface area contributed by atoms with Crippen molar-refractivity contribution in [2.24, 2.45) is 0 Å². The fraction of sp³-hybridized carbons (Fsp3) is 0.192. The van der Waals surface area contributed by atoms with Gasteiger partial charge < -0.3 is 15.8 Å². The minimum Gasteiger partial charge on any atom is -0.449 e. The highest BCUT2D eigenvalue weighted by molar-refractivity contribution is 5.79. The summed E-state index contributed by atoms with van der Waals surface area (Å²) in [4.78, 5) is 22.8. The van der Waals surface area contributed by atoms with E-state index in [9.17, 15) is 14.9 Å². The minimum atomic E-state index is -0.522. The van der Waals surface area contributed by atoms with Crippen molar-refractivity contribution in [2.45, 2.75) is 19.3 Å². The number of nitrogens with one attached hydrogen (secondary N) is 1. The molecule has 1 amide bonds. The van der Waals surface area contributed by atoms with Gasteiger partial charge in [-0.05, 0) is 40.8 Å². The third kappa shape index (κ3) is 4.65. The molecule has 4 rings (SSSR count). The number of amides is 1. The second-order valence-electron chi connectivity index (χ2n) is 7.79. The zero-order valence-electron chi connectivity index (χ0n) is 18.1. The van der Waals surface area contributed by atoms with Crippen LogP contribution in [0.1, 0.15) is 34.6 Å². The third-order valence-corrected chi connectivity index (χ3v) is 5.66. The summed E-state index contributed by atoms with van der Waals surface area (Å²) < 4.78 is 5.49. The van der Waals surface area contributed by atoms with Crippen LogP contribution in [0, 0.1) is 28.9 Å². The Morgan fingerprint density at radius 2 is 1.76 bits per heavy atom. The molecule has 0 saturated carbocycles. The van der Waals surface area contributed by atoms with Crippen LogP contribution in [0.2, 0.25) is 0 Å². The number of rotatable bonds is 5. The fourth-order valence-corrected chi connectivity index (χ4v) is 4.04. The van der Waals surface area contributed by atoms with Gasteiger partial charge in [0.1, 0.15) is 12.3 Å². The lowest BCUT2D eigenvalue weighted by Gasteiger charge is -2.14. The number of carbonyl (C=O) groups excluding carboxylic acids is 1. The SMILES string of the molecule is Cc1cc(C#CCCNC(=O)OCC2c3ccccc3-c3ccccc32)cc([N+](=O)[O-])c1N. The van der Waals surface area contributed by atoms with E-state index >= 15 is 0 Å².